The van der Waals surface area contributed by atoms with Gasteiger partial charge >= 0.3 is 0 Å². The SMILES string of the molecule is C[C@@H]1C[C@H]1C(=O)Nc1cccc(N2CCCC2=O)c1. The standard InChI is InChI=1S/C15H18N2O2/c1-10-8-13(10)15(19)16-11-4-2-5-12(9-11)17-7-3-6-14(17)18/h2,4-5,9-10,13H,3,6-8H2,1H3,(H,16,19)/t10-,13-/m1/s1. The summed E-state index contributed by atoms with van der Waals surface area (Å²) in [6.45, 7) is 2.86. The van der Waals surface area contributed by atoms with Gasteiger partial charge < -0.3 is 10.2 Å². The molecule has 2 atom stereocenters. The smallest absolute Gasteiger partial charge is 0.227 e. The predicted molar refractivity (Wildman–Crippen MR) is 73.9 cm³/mol. The lowest BCUT2D eigenvalue weighted by Crippen LogP contribution is -2.23. The molecule has 1 aromatic carbocycles. The van der Waals surface area contributed by atoms with E-state index in [1.54, 1.807) is 4.90 Å². The summed E-state index contributed by atoms with van der Waals surface area (Å²) in [5, 5.41) is 2.94. The van der Waals surface area contributed by atoms with Crippen LogP contribution in [-0.2, 0) is 9.59 Å². The summed E-state index contributed by atoms with van der Waals surface area (Å²) in [5.41, 5.74) is 1.66. The van der Waals surface area contributed by atoms with E-state index >= 15 is 0 Å². The summed E-state index contributed by atoms with van der Waals surface area (Å²) >= 11 is 0. The number of nitrogens with one attached hydrogen (secondary N) is 1. The first kappa shape index (κ1) is 12.2. The molecule has 100 valence electrons. The molecule has 1 aliphatic carbocycles. The fraction of sp³-hybridized carbons (Fsp3) is 0.467. The Morgan fingerprint density at radius 3 is 2.84 bits per heavy atom. The molecule has 2 amide bonds. The van der Waals surface area contributed by atoms with Crippen LogP contribution in [0.2, 0.25) is 0 Å². The van der Waals surface area contributed by atoms with Crippen LogP contribution >= 0.6 is 0 Å². The Hall–Kier alpha value is -1.84. The third kappa shape index (κ3) is 2.48. The third-order valence-corrected chi connectivity index (χ3v) is 3.95. The van der Waals surface area contributed by atoms with Crippen molar-refractivity contribution in [1.82, 2.24) is 0 Å². The van der Waals surface area contributed by atoms with Crippen molar-refractivity contribution < 1.29 is 9.59 Å². The summed E-state index contributed by atoms with van der Waals surface area (Å²) in [6.07, 6.45) is 2.52. The molecule has 0 bridgehead atoms. The van der Waals surface area contributed by atoms with Crippen LogP contribution in [0.4, 0.5) is 11.4 Å². The van der Waals surface area contributed by atoms with Crippen LogP contribution in [0.3, 0.4) is 0 Å². The minimum absolute atomic E-state index is 0.0948. The molecule has 1 aromatic rings. The molecule has 1 heterocycles. The van der Waals surface area contributed by atoms with Crippen molar-refractivity contribution >= 4 is 23.2 Å². The molecule has 4 heteroatoms. The summed E-state index contributed by atoms with van der Waals surface area (Å²) in [5.74, 6) is 0.928. The lowest BCUT2D eigenvalue weighted by molar-refractivity contribution is -0.118. The number of carbonyl (C=O) groups excluding carboxylic acids is 2. The Kier molecular flexibility index (Phi) is 3.01. The van der Waals surface area contributed by atoms with Crippen molar-refractivity contribution in [2.75, 3.05) is 16.8 Å². The zero-order valence-electron chi connectivity index (χ0n) is 11.1. The monoisotopic (exact) mass is 258 g/mol. The van der Waals surface area contributed by atoms with E-state index in [1.165, 1.54) is 0 Å². The van der Waals surface area contributed by atoms with Gasteiger partial charge in [0.1, 0.15) is 0 Å². The highest BCUT2D eigenvalue weighted by molar-refractivity contribution is 5.98. The molecule has 0 unspecified atom stereocenters. The van der Waals surface area contributed by atoms with Gasteiger partial charge in [-0.15, -0.1) is 0 Å². The summed E-state index contributed by atoms with van der Waals surface area (Å²) in [4.78, 5) is 25.4. The minimum Gasteiger partial charge on any atom is -0.326 e. The van der Waals surface area contributed by atoms with Crippen LogP contribution in [-0.4, -0.2) is 18.4 Å². The lowest BCUT2D eigenvalue weighted by atomic mass is 10.2. The van der Waals surface area contributed by atoms with Gasteiger partial charge in [-0.2, -0.15) is 0 Å². The molecule has 1 saturated heterocycles. The van der Waals surface area contributed by atoms with E-state index < -0.39 is 0 Å². The van der Waals surface area contributed by atoms with Gasteiger partial charge in [-0.25, -0.2) is 0 Å². The fourth-order valence-electron chi connectivity index (χ4n) is 2.60. The van der Waals surface area contributed by atoms with Gasteiger partial charge in [0.05, 0.1) is 0 Å². The molecule has 2 fully saturated rings. The van der Waals surface area contributed by atoms with Crippen molar-refractivity contribution in [3.05, 3.63) is 24.3 Å². The molecule has 1 saturated carbocycles. The van der Waals surface area contributed by atoms with Crippen LogP contribution in [0.1, 0.15) is 26.2 Å². The van der Waals surface area contributed by atoms with E-state index in [0.29, 0.717) is 12.3 Å². The first-order valence-electron chi connectivity index (χ1n) is 6.86. The van der Waals surface area contributed by atoms with Crippen molar-refractivity contribution in [3.63, 3.8) is 0 Å². The molecule has 0 spiro atoms. The Labute approximate surface area is 112 Å². The van der Waals surface area contributed by atoms with Crippen LogP contribution in [0, 0.1) is 11.8 Å². The number of amides is 2. The van der Waals surface area contributed by atoms with Crippen molar-refractivity contribution in [2.24, 2.45) is 11.8 Å². The topological polar surface area (TPSA) is 49.4 Å². The molecule has 4 nitrogen and oxygen atoms in total. The Morgan fingerprint density at radius 2 is 2.21 bits per heavy atom. The largest absolute Gasteiger partial charge is 0.326 e. The van der Waals surface area contributed by atoms with Gasteiger partial charge in [-0.3, -0.25) is 9.59 Å². The number of benzene rings is 1. The second kappa shape index (κ2) is 4.68. The zero-order chi connectivity index (χ0) is 13.4. The summed E-state index contributed by atoms with van der Waals surface area (Å²) < 4.78 is 0. The van der Waals surface area contributed by atoms with Crippen LogP contribution in [0.25, 0.3) is 0 Å². The predicted octanol–water partition coefficient (Wildman–Crippen LogP) is 2.41. The number of nitrogens with zero attached hydrogens (tertiary/aromatic N) is 1. The molecule has 3 rings (SSSR count). The molecule has 0 radical (unpaired) electrons. The van der Waals surface area contributed by atoms with Crippen LogP contribution in [0.15, 0.2) is 24.3 Å². The normalized spacial score (nSPS) is 25.5. The number of carbonyl (C=O) groups is 2. The highest BCUT2D eigenvalue weighted by Crippen LogP contribution is 2.38. The summed E-state index contributed by atoms with van der Waals surface area (Å²) in [7, 11) is 0. The molecular formula is C15H18N2O2. The maximum Gasteiger partial charge on any atom is 0.227 e. The van der Waals surface area contributed by atoms with Crippen molar-refractivity contribution in [3.8, 4) is 0 Å². The van der Waals surface area contributed by atoms with Gasteiger partial charge in [0, 0.05) is 30.3 Å². The quantitative estimate of drug-likeness (QED) is 0.905. The number of anilines is 2. The first-order chi connectivity index (χ1) is 9.15. The Morgan fingerprint density at radius 1 is 1.42 bits per heavy atom. The summed E-state index contributed by atoms with van der Waals surface area (Å²) in [6, 6.07) is 7.55. The van der Waals surface area contributed by atoms with Gasteiger partial charge in [0.15, 0.2) is 0 Å². The van der Waals surface area contributed by atoms with Gasteiger partial charge in [0.25, 0.3) is 0 Å². The van der Waals surface area contributed by atoms with Crippen LogP contribution < -0.4 is 10.2 Å². The van der Waals surface area contributed by atoms with Crippen molar-refractivity contribution in [1.29, 1.82) is 0 Å². The number of hydrogen-bond acceptors (Lipinski definition) is 2. The second-order valence-electron chi connectivity index (χ2n) is 5.51. The van der Waals surface area contributed by atoms with E-state index in [4.69, 9.17) is 0 Å². The van der Waals surface area contributed by atoms with Crippen molar-refractivity contribution in [2.45, 2.75) is 26.2 Å². The average Bonchev–Trinajstić information content (AvgIpc) is 2.96. The lowest BCUT2D eigenvalue weighted by Gasteiger charge is -2.16. The molecule has 19 heavy (non-hydrogen) atoms. The van der Waals surface area contributed by atoms with E-state index in [2.05, 4.69) is 12.2 Å². The Balaban J connectivity index is 1.72. The molecule has 1 aliphatic heterocycles. The highest BCUT2D eigenvalue weighted by atomic mass is 16.2. The maximum atomic E-state index is 11.9. The number of rotatable bonds is 3. The zero-order valence-corrected chi connectivity index (χ0v) is 11.1. The molecule has 1 N–H and O–H groups in total. The molecular weight excluding hydrogens is 240 g/mol. The van der Waals surface area contributed by atoms with E-state index in [1.807, 2.05) is 24.3 Å². The highest BCUT2D eigenvalue weighted by Gasteiger charge is 2.39. The van der Waals surface area contributed by atoms with Gasteiger partial charge in [0.2, 0.25) is 11.8 Å². The van der Waals surface area contributed by atoms with E-state index in [0.717, 1.165) is 30.8 Å². The Bertz CT molecular complexity index is 527. The van der Waals surface area contributed by atoms with Gasteiger partial charge in [-0.05, 0) is 37.0 Å². The first-order valence-corrected chi connectivity index (χ1v) is 6.86. The fourth-order valence-corrected chi connectivity index (χ4v) is 2.60. The second-order valence-corrected chi connectivity index (χ2v) is 5.51. The average molecular weight is 258 g/mol. The van der Waals surface area contributed by atoms with E-state index in [-0.39, 0.29) is 17.7 Å². The third-order valence-electron chi connectivity index (χ3n) is 3.95. The van der Waals surface area contributed by atoms with Gasteiger partial charge in [-0.1, -0.05) is 13.0 Å². The molecule has 2 aliphatic rings. The van der Waals surface area contributed by atoms with Crippen LogP contribution in [0.5, 0.6) is 0 Å². The number of hydrogen-bond donors (Lipinski definition) is 1. The maximum absolute atomic E-state index is 11.9. The molecule has 0 aromatic heterocycles. The van der Waals surface area contributed by atoms with E-state index in [9.17, 15) is 9.59 Å². The minimum atomic E-state index is 0.0948.